The Kier molecular flexibility index (Phi) is 9.84. The normalized spacial score (nSPS) is 6.50. The van der Waals surface area contributed by atoms with Gasteiger partial charge in [-0.3, -0.25) is 0 Å². The summed E-state index contributed by atoms with van der Waals surface area (Å²) in [5, 5.41) is 12.5. The average molecular weight is 158 g/mol. The Morgan fingerprint density at radius 1 is 0.750 bits per heavy atom. The molecule has 0 heterocycles. The van der Waals surface area contributed by atoms with Crippen molar-refractivity contribution in [1.29, 1.82) is 10.5 Å². The largest absolute Gasteiger partial charge is 0.512 e. The van der Waals surface area contributed by atoms with Gasteiger partial charge in [-0.2, -0.15) is 0 Å². The van der Waals surface area contributed by atoms with Gasteiger partial charge in [-0.05, 0) is 13.8 Å². The molecule has 0 amide bonds. The first-order valence-electron chi connectivity index (χ1n) is 3.27. The number of benzene rings is 1. The summed E-state index contributed by atoms with van der Waals surface area (Å²) < 4.78 is 0. The van der Waals surface area contributed by atoms with Crippen LogP contribution >= 0.6 is 0 Å². The highest BCUT2D eigenvalue weighted by molar-refractivity contribution is 5.19. The lowest BCUT2D eigenvalue weighted by atomic mass is 10.2. The maximum absolute atomic E-state index is 6.25. The number of hydrogen-bond donors (Lipinski definition) is 0. The summed E-state index contributed by atoms with van der Waals surface area (Å²) in [7, 11) is 0. The van der Waals surface area contributed by atoms with E-state index in [0.717, 1.165) is 0 Å². The second-order valence-corrected chi connectivity index (χ2v) is 2.15. The maximum Gasteiger partial charge on any atom is -0.0398 e. The minimum Gasteiger partial charge on any atom is -0.512 e. The van der Waals surface area contributed by atoms with E-state index in [0.29, 0.717) is 0 Å². The van der Waals surface area contributed by atoms with E-state index in [1.165, 1.54) is 11.1 Å². The fraction of sp³-hybridized carbons (Fsp3) is 0.200. The zero-order valence-corrected chi connectivity index (χ0v) is 7.20. The van der Waals surface area contributed by atoms with E-state index in [4.69, 9.17) is 23.7 Å². The quantitative estimate of drug-likeness (QED) is 0.544. The summed E-state index contributed by atoms with van der Waals surface area (Å²) in [5.41, 5.74) is 2.66. The Labute approximate surface area is 73.7 Å². The molecule has 0 bridgehead atoms. The van der Waals surface area contributed by atoms with Crippen LogP contribution in [0.4, 0.5) is 0 Å². The first-order valence-corrected chi connectivity index (χ1v) is 3.27. The van der Waals surface area contributed by atoms with Gasteiger partial charge in [-0.1, -0.05) is 35.4 Å². The van der Waals surface area contributed by atoms with Crippen molar-refractivity contribution in [2.75, 3.05) is 0 Å². The van der Waals surface area contributed by atoms with Crippen molar-refractivity contribution in [3.05, 3.63) is 48.5 Å². The second kappa shape index (κ2) is 9.20. The summed E-state index contributed by atoms with van der Waals surface area (Å²) in [5.74, 6) is 0. The monoisotopic (exact) mass is 158 g/mol. The predicted molar refractivity (Wildman–Crippen MR) is 45.9 cm³/mol. The van der Waals surface area contributed by atoms with E-state index in [2.05, 4.69) is 38.1 Å². The van der Waals surface area contributed by atoms with Crippen LogP contribution in [0.1, 0.15) is 11.1 Å². The van der Waals surface area contributed by atoms with Gasteiger partial charge in [0.1, 0.15) is 0 Å². The molecule has 0 N–H and O–H groups in total. The molecule has 0 aliphatic heterocycles. The lowest BCUT2D eigenvalue weighted by Gasteiger charge is -1.90. The smallest absolute Gasteiger partial charge is 0.0398 e. The van der Waals surface area contributed by atoms with Crippen LogP contribution in [0.25, 0.3) is 0 Å². The zero-order valence-electron chi connectivity index (χ0n) is 7.20. The molecular formula is C10H10N2-2. The van der Waals surface area contributed by atoms with Crippen molar-refractivity contribution in [3.63, 3.8) is 0 Å². The number of hydrogen-bond acceptors (Lipinski definition) is 2. The van der Waals surface area contributed by atoms with Crippen molar-refractivity contribution in [2.24, 2.45) is 0 Å². The van der Waals surface area contributed by atoms with Gasteiger partial charge >= 0.3 is 0 Å². The van der Waals surface area contributed by atoms with Gasteiger partial charge < -0.3 is 23.7 Å². The summed E-state index contributed by atoms with van der Waals surface area (Å²) in [4.78, 5) is 0. The SMILES string of the molecule is Cc1ccc(C)cc1.[C-]#N.[C-]#N. The molecule has 2 heteroatoms. The minimum absolute atomic E-state index is 1.33. The molecule has 12 heavy (non-hydrogen) atoms. The third-order valence-electron chi connectivity index (χ3n) is 1.22. The first-order chi connectivity index (χ1) is 5.79. The van der Waals surface area contributed by atoms with Gasteiger partial charge in [0, 0.05) is 0 Å². The van der Waals surface area contributed by atoms with Gasteiger partial charge in [0.15, 0.2) is 0 Å². The highest BCUT2D eigenvalue weighted by atomic mass is 14.2. The molecule has 62 valence electrons. The standard InChI is InChI=1S/C8H10.2CN/c1-7-3-5-8(2)6-4-7;2*1-2/h3-6H,1-2H3;;/q;2*-1. The van der Waals surface area contributed by atoms with Crippen LogP contribution < -0.4 is 0 Å². The number of rotatable bonds is 0. The third kappa shape index (κ3) is 6.32. The molecule has 2 nitrogen and oxygen atoms in total. The van der Waals surface area contributed by atoms with Crippen molar-refractivity contribution >= 4 is 0 Å². The Hall–Kier alpha value is -1.80. The Balaban J connectivity index is 0. The van der Waals surface area contributed by atoms with Crippen LogP contribution in [0, 0.1) is 37.5 Å². The van der Waals surface area contributed by atoms with Crippen LogP contribution in [0.3, 0.4) is 0 Å². The van der Waals surface area contributed by atoms with Crippen LogP contribution in [0.2, 0.25) is 0 Å². The van der Waals surface area contributed by atoms with E-state index < -0.39 is 0 Å². The molecule has 0 aliphatic rings. The zero-order chi connectivity index (χ0) is 9.98. The van der Waals surface area contributed by atoms with E-state index in [1.807, 2.05) is 0 Å². The minimum atomic E-state index is 1.33. The van der Waals surface area contributed by atoms with Crippen molar-refractivity contribution < 1.29 is 0 Å². The Morgan fingerprint density at radius 3 is 1.08 bits per heavy atom. The lowest BCUT2D eigenvalue weighted by molar-refractivity contribution is 1.40. The topological polar surface area (TPSA) is 47.6 Å². The third-order valence-corrected chi connectivity index (χ3v) is 1.22. The first kappa shape index (κ1) is 12.8. The van der Waals surface area contributed by atoms with Crippen LogP contribution in [-0.2, 0) is 0 Å². The van der Waals surface area contributed by atoms with Gasteiger partial charge in [0.25, 0.3) is 0 Å². The molecule has 0 fully saturated rings. The van der Waals surface area contributed by atoms with E-state index >= 15 is 0 Å². The van der Waals surface area contributed by atoms with Gasteiger partial charge in [0.05, 0.1) is 0 Å². The molecule has 1 rings (SSSR count). The fourth-order valence-corrected chi connectivity index (χ4v) is 0.637. The fourth-order valence-electron chi connectivity index (χ4n) is 0.637. The maximum atomic E-state index is 6.25. The summed E-state index contributed by atoms with van der Waals surface area (Å²) >= 11 is 0. The summed E-state index contributed by atoms with van der Waals surface area (Å²) in [6, 6.07) is 8.48. The molecule has 0 radical (unpaired) electrons. The molecular weight excluding hydrogens is 148 g/mol. The molecule has 0 atom stereocenters. The van der Waals surface area contributed by atoms with Gasteiger partial charge in [-0.25, -0.2) is 0 Å². The van der Waals surface area contributed by atoms with E-state index in [9.17, 15) is 0 Å². The van der Waals surface area contributed by atoms with Crippen LogP contribution in [-0.4, -0.2) is 0 Å². The Morgan fingerprint density at radius 2 is 0.917 bits per heavy atom. The van der Waals surface area contributed by atoms with Crippen LogP contribution in [0.5, 0.6) is 0 Å². The van der Waals surface area contributed by atoms with Crippen molar-refractivity contribution in [3.8, 4) is 0 Å². The second-order valence-electron chi connectivity index (χ2n) is 2.15. The number of aryl methyl sites for hydroxylation is 2. The molecule has 0 aliphatic carbocycles. The predicted octanol–water partition coefficient (Wildman–Crippen LogP) is 2.50. The van der Waals surface area contributed by atoms with Gasteiger partial charge in [-0.15, -0.1) is 0 Å². The summed E-state index contributed by atoms with van der Waals surface area (Å²) in [6.07, 6.45) is 0. The van der Waals surface area contributed by atoms with Gasteiger partial charge in [0.2, 0.25) is 0 Å². The highest BCUT2D eigenvalue weighted by Gasteiger charge is 1.79. The summed E-state index contributed by atoms with van der Waals surface area (Å²) in [6.45, 7) is 13.7. The van der Waals surface area contributed by atoms with Crippen molar-refractivity contribution in [2.45, 2.75) is 13.8 Å². The molecule has 0 saturated carbocycles. The highest BCUT2D eigenvalue weighted by Crippen LogP contribution is 1.99. The van der Waals surface area contributed by atoms with E-state index in [1.54, 1.807) is 0 Å². The molecule has 1 aromatic carbocycles. The molecule has 0 spiro atoms. The lowest BCUT2D eigenvalue weighted by Crippen LogP contribution is -1.70. The van der Waals surface area contributed by atoms with Crippen LogP contribution in [0.15, 0.2) is 24.3 Å². The molecule has 0 unspecified atom stereocenters. The van der Waals surface area contributed by atoms with E-state index in [-0.39, 0.29) is 0 Å². The molecule has 0 aromatic heterocycles. The molecule has 1 aromatic rings. The average Bonchev–Trinajstić information content (AvgIpc) is 2.17. The number of nitrogens with zero attached hydrogens (tertiary/aromatic N) is 2. The Bertz CT molecular complexity index is 204. The molecule has 0 saturated heterocycles. The van der Waals surface area contributed by atoms with Crippen molar-refractivity contribution in [1.82, 2.24) is 0 Å².